The topological polar surface area (TPSA) is 114 Å². The Kier molecular flexibility index (Phi) is 5.02. The Labute approximate surface area is 161 Å². The molecule has 1 aliphatic rings. The second-order valence-corrected chi connectivity index (χ2v) is 6.77. The van der Waals surface area contributed by atoms with Gasteiger partial charge in [-0.3, -0.25) is 14.2 Å². The molecule has 0 bridgehead atoms. The van der Waals surface area contributed by atoms with Gasteiger partial charge in [-0.1, -0.05) is 0 Å². The smallest absolute Gasteiger partial charge is 0.248 e. The monoisotopic (exact) mass is 382 g/mol. The number of carbonyl (C=O) groups excluding carboxylic acids is 1. The molecule has 1 aliphatic heterocycles. The first kappa shape index (κ1) is 18.1. The summed E-state index contributed by atoms with van der Waals surface area (Å²) in [6, 6.07) is 2.07. The Morgan fingerprint density at radius 3 is 2.79 bits per heavy atom. The summed E-state index contributed by atoms with van der Waals surface area (Å²) in [6.07, 6.45) is 10.7. The zero-order valence-electron chi connectivity index (χ0n) is 15.6. The fourth-order valence-corrected chi connectivity index (χ4v) is 3.34. The maximum Gasteiger partial charge on any atom is 0.248 e. The quantitative estimate of drug-likeness (QED) is 0.676. The average molecular weight is 382 g/mol. The molecule has 0 atom stereocenters. The summed E-state index contributed by atoms with van der Waals surface area (Å²) < 4.78 is 3.64. The number of amides is 1. The van der Waals surface area contributed by atoms with Crippen LogP contribution >= 0.6 is 0 Å². The molecule has 3 aromatic heterocycles. The first-order valence-electron chi connectivity index (χ1n) is 9.14. The molecule has 146 valence electrons. The molecular weight excluding hydrogens is 360 g/mol. The first-order chi connectivity index (χ1) is 13.6. The van der Waals surface area contributed by atoms with Crippen molar-refractivity contribution in [3.05, 3.63) is 37.1 Å². The van der Waals surface area contributed by atoms with Gasteiger partial charge < -0.3 is 15.3 Å². The van der Waals surface area contributed by atoms with Crippen LogP contribution in [0.4, 0.5) is 11.6 Å². The van der Waals surface area contributed by atoms with Crippen molar-refractivity contribution < 1.29 is 9.90 Å². The van der Waals surface area contributed by atoms with E-state index in [2.05, 4.69) is 25.5 Å². The van der Waals surface area contributed by atoms with E-state index in [4.69, 9.17) is 5.11 Å². The van der Waals surface area contributed by atoms with Gasteiger partial charge in [0.05, 0.1) is 29.8 Å². The molecule has 2 N–H and O–H groups in total. The fraction of sp³-hybridized carbons (Fsp3) is 0.389. The first-order valence-corrected chi connectivity index (χ1v) is 9.14. The van der Waals surface area contributed by atoms with Crippen LogP contribution < -0.4 is 5.32 Å². The lowest BCUT2D eigenvalue weighted by Gasteiger charge is -2.31. The number of anilines is 2. The Morgan fingerprint density at radius 2 is 2.07 bits per heavy atom. The molecule has 1 saturated heterocycles. The molecule has 0 spiro atoms. The number of rotatable bonds is 5. The number of nitrogens with one attached hydrogen (secondary N) is 1. The van der Waals surface area contributed by atoms with Crippen molar-refractivity contribution in [3.63, 3.8) is 0 Å². The van der Waals surface area contributed by atoms with Crippen LogP contribution in [0.1, 0.15) is 18.9 Å². The van der Waals surface area contributed by atoms with Crippen molar-refractivity contribution >= 4 is 17.5 Å². The molecule has 4 heterocycles. The van der Waals surface area contributed by atoms with Gasteiger partial charge in [-0.2, -0.15) is 10.2 Å². The second-order valence-electron chi connectivity index (χ2n) is 6.77. The maximum atomic E-state index is 11.6. The minimum atomic E-state index is -0.431. The number of piperidine rings is 1. The van der Waals surface area contributed by atoms with Crippen LogP contribution in [0.3, 0.4) is 0 Å². The lowest BCUT2D eigenvalue weighted by molar-refractivity contribution is -0.135. The molecule has 28 heavy (non-hydrogen) atoms. The van der Waals surface area contributed by atoms with Gasteiger partial charge >= 0.3 is 0 Å². The van der Waals surface area contributed by atoms with Gasteiger partial charge in [0.25, 0.3) is 0 Å². The number of aromatic nitrogens is 6. The van der Waals surface area contributed by atoms with E-state index < -0.39 is 6.61 Å². The van der Waals surface area contributed by atoms with Crippen molar-refractivity contribution in [2.75, 3.05) is 25.0 Å². The van der Waals surface area contributed by atoms with E-state index in [0.29, 0.717) is 19.0 Å². The average Bonchev–Trinajstić information content (AvgIpc) is 3.37. The Bertz CT molecular complexity index is 958. The summed E-state index contributed by atoms with van der Waals surface area (Å²) in [5.74, 6) is 0.281. The number of aliphatic hydroxyl groups is 1. The van der Waals surface area contributed by atoms with Crippen molar-refractivity contribution in [2.24, 2.45) is 7.05 Å². The van der Waals surface area contributed by atoms with Crippen LogP contribution in [0.25, 0.3) is 11.3 Å². The van der Waals surface area contributed by atoms with Crippen molar-refractivity contribution in [1.82, 2.24) is 34.4 Å². The van der Waals surface area contributed by atoms with E-state index in [-0.39, 0.29) is 11.9 Å². The van der Waals surface area contributed by atoms with Crippen molar-refractivity contribution in [1.29, 1.82) is 0 Å². The largest absolute Gasteiger partial charge is 0.387 e. The van der Waals surface area contributed by atoms with Gasteiger partial charge in [0, 0.05) is 44.3 Å². The van der Waals surface area contributed by atoms with E-state index in [1.165, 1.54) is 0 Å². The van der Waals surface area contributed by atoms with Crippen LogP contribution in [0, 0.1) is 0 Å². The van der Waals surface area contributed by atoms with E-state index >= 15 is 0 Å². The SMILES string of the molecule is Cn1cc(Nc2nccc(-c3cnn(C4CCN(C(=O)CO)CC4)c3)n2)cn1. The lowest BCUT2D eigenvalue weighted by atomic mass is 10.1. The third kappa shape index (κ3) is 3.86. The predicted molar refractivity (Wildman–Crippen MR) is 102 cm³/mol. The van der Waals surface area contributed by atoms with Crippen LogP contribution in [0.15, 0.2) is 37.1 Å². The number of hydrogen-bond donors (Lipinski definition) is 2. The highest BCUT2D eigenvalue weighted by molar-refractivity contribution is 5.77. The predicted octanol–water partition coefficient (Wildman–Crippen LogP) is 0.973. The lowest BCUT2D eigenvalue weighted by Crippen LogP contribution is -2.40. The molecule has 0 aliphatic carbocycles. The Hall–Kier alpha value is -3.27. The summed E-state index contributed by atoms with van der Waals surface area (Å²) in [6.45, 7) is 0.831. The molecular formula is C18H22N8O2. The number of aryl methyl sites for hydroxylation is 1. The van der Waals surface area contributed by atoms with E-state index in [9.17, 15) is 4.79 Å². The molecule has 0 radical (unpaired) electrons. The fourth-order valence-electron chi connectivity index (χ4n) is 3.34. The Morgan fingerprint density at radius 1 is 1.25 bits per heavy atom. The van der Waals surface area contributed by atoms with Gasteiger partial charge in [-0.05, 0) is 18.9 Å². The molecule has 4 rings (SSSR count). The standard InChI is InChI=1S/C18H22N8O2/c1-24-11-14(9-20-24)22-18-19-5-2-16(23-18)13-8-21-26(10-13)15-3-6-25(7-4-15)17(28)12-27/h2,5,8-11,15,27H,3-4,6-7,12H2,1H3,(H,19,22,23). The number of likely N-dealkylation sites (tertiary alicyclic amines) is 1. The maximum absolute atomic E-state index is 11.6. The minimum absolute atomic E-state index is 0.214. The van der Waals surface area contributed by atoms with Gasteiger partial charge in [0.2, 0.25) is 11.9 Å². The zero-order valence-corrected chi connectivity index (χ0v) is 15.6. The van der Waals surface area contributed by atoms with Crippen LogP contribution in [0.5, 0.6) is 0 Å². The molecule has 3 aromatic rings. The van der Waals surface area contributed by atoms with E-state index in [1.807, 2.05) is 30.2 Å². The zero-order chi connectivity index (χ0) is 19.5. The van der Waals surface area contributed by atoms with Crippen molar-refractivity contribution in [3.8, 4) is 11.3 Å². The molecule has 10 heteroatoms. The minimum Gasteiger partial charge on any atom is -0.387 e. The highest BCUT2D eigenvalue weighted by atomic mass is 16.3. The second kappa shape index (κ2) is 7.77. The molecule has 10 nitrogen and oxygen atoms in total. The van der Waals surface area contributed by atoms with Gasteiger partial charge in [-0.25, -0.2) is 9.97 Å². The summed E-state index contributed by atoms with van der Waals surface area (Å²) in [5, 5.41) is 20.7. The summed E-state index contributed by atoms with van der Waals surface area (Å²) in [7, 11) is 1.85. The van der Waals surface area contributed by atoms with Crippen LogP contribution in [0.2, 0.25) is 0 Å². The van der Waals surface area contributed by atoms with Crippen LogP contribution in [-0.4, -0.2) is 65.1 Å². The molecule has 1 fully saturated rings. The molecule has 1 amide bonds. The van der Waals surface area contributed by atoms with Gasteiger partial charge in [0.15, 0.2) is 0 Å². The number of hydrogen-bond acceptors (Lipinski definition) is 7. The van der Waals surface area contributed by atoms with E-state index in [0.717, 1.165) is 29.8 Å². The Balaban J connectivity index is 1.44. The van der Waals surface area contributed by atoms with Crippen LogP contribution in [-0.2, 0) is 11.8 Å². The number of aliphatic hydroxyl groups excluding tert-OH is 1. The normalized spacial score (nSPS) is 15.0. The third-order valence-electron chi connectivity index (χ3n) is 4.84. The highest BCUT2D eigenvalue weighted by Gasteiger charge is 2.24. The van der Waals surface area contributed by atoms with Gasteiger partial charge in [-0.15, -0.1) is 0 Å². The summed E-state index contributed by atoms with van der Waals surface area (Å²) >= 11 is 0. The number of nitrogens with zero attached hydrogens (tertiary/aromatic N) is 7. The van der Waals surface area contributed by atoms with E-state index in [1.54, 1.807) is 28.2 Å². The van der Waals surface area contributed by atoms with Gasteiger partial charge in [0.1, 0.15) is 6.61 Å². The summed E-state index contributed by atoms with van der Waals surface area (Å²) in [4.78, 5) is 22.1. The highest BCUT2D eigenvalue weighted by Crippen LogP contribution is 2.25. The molecule has 0 saturated carbocycles. The van der Waals surface area contributed by atoms with Crippen molar-refractivity contribution in [2.45, 2.75) is 18.9 Å². The molecule has 0 aromatic carbocycles. The molecule has 0 unspecified atom stereocenters. The number of carbonyl (C=O) groups is 1. The third-order valence-corrected chi connectivity index (χ3v) is 4.84. The summed E-state index contributed by atoms with van der Waals surface area (Å²) in [5.41, 5.74) is 2.51.